The molecule has 0 bridgehead atoms. The van der Waals surface area contributed by atoms with E-state index in [0.717, 1.165) is 36.4 Å². The highest BCUT2D eigenvalue weighted by atomic mass is 35.5. The monoisotopic (exact) mass is 355 g/mol. The minimum atomic E-state index is -0.334. The van der Waals surface area contributed by atoms with Crippen LogP contribution in [-0.2, 0) is 22.4 Å². The number of carbonyl (C=O) groups is 1. The van der Waals surface area contributed by atoms with Crippen LogP contribution in [0.4, 0.5) is 0 Å². The van der Waals surface area contributed by atoms with Crippen molar-refractivity contribution in [1.82, 2.24) is 5.32 Å². The van der Waals surface area contributed by atoms with Crippen LogP contribution < -0.4 is 5.32 Å². The van der Waals surface area contributed by atoms with Gasteiger partial charge >= 0.3 is 5.97 Å². The lowest BCUT2D eigenvalue weighted by molar-refractivity contribution is -0.134. The molecule has 1 atom stereocenters. The number of nitrogens with one attached hydrogen (secondary N) is 1. The van der Waals surface area contributed by atoms with Crippen molar-refractivity contribution < 1.29 is 9.53 Å². The molecule has 0 fully saturated rings. The summed E-state index contributed by atoms with van der Waals surface area (Å²) in [5, 5.41) is 4.47. The summed E-state index contributed by atoms with van der Waals surface area (Å²) in [5.74, 6) is -0.334. The molecule has 2 aromatic carbocycles. The van der Waals surface area contributed by atoms with Gasteiger partial charge in [0.15, 0.2) is 0 Å². The molecule has 0 radical (unpaired) electrons. The van der Waals surface area contributed by atoms with E-state index in [-0.39, 0.29) is 5.97 Å². The topological polar surface area (TPSA) is 38.3 Å². The van der Waals surface area contributed by atoms with E-state index in [1.807, 2.05) is 24.3 Å². The molecule has 1 N–H and O–H groups in total. The summed E-state index contributed by atoms with van der Waals surface area (Å²) in [6.45, 7) is 0.901. The molecule has 0 aromatic heterocycles. The van der Waals surface area contributed by atoms with Gasteiger partial charge in [0, 0.05) is 17.1 Å². The number of hydrogen-bond donors (Lipinski definition) is 1. The van der Waals surface area contributed by atoms with Crippen LogP contribution in [0.2, 0.25) is 5.02 Å². The maximum atomic E-state index is 11.2. The third kappa shape index (κ3) is 4.50. The molecule has 3 rings (SSSR count). The summed E-state index contributed by atoms with van der Waals surface area (Å²) in [4.78, 5) is 11.2. The van der Waals surface area contributed by atoms with Crippen LogP contribution in [0.3, 0.4) is 0 Å². The zero-order valence-electron chi connectivity index (χ0n) is 14.3. The molecule has 1 aliphatic carbocycles. The van der Waals surface area contributed by atoms with Gasteiger partial charge in [-0.3, -0.25) is 0 Å². The first-order chi connectivity index (χ1) is 12.2. The van der Waals surface area contributed by atoms with E-state index in [2.05, 4.69) is 28.3 Å². The molecular weight excluding hydrogens is 334 g/mol. The molecule has 25 heavy (non-hydrogen) atoms. The predicted molar refractivity (Wildman–Crippen MR) is 102 cm³/mol. The first kappa shape index (κ1) is 17.7. The van der Waals surface area contributed by atoms with Crippen LogP contribution in [-0.4, -0.2) is 19.6 Å². The first-order valence-electron chi connectivity index (χ1n) is 8.53. The number of hydrogen-bond acceptors (Lipinski definition) is 3. The molecule has 0 saturated carbocycles. The molecule has 130 valence electrons. The Morgan fingerprint density at radius 1 is 1.32 bits per heavy atom. The summed E-state index contributed by atoms with van der Waals surface area (Å²) in [6, 6.07) is 14.7. The maximum Gasteiger partial charge on any atom is 0.330 e. The molecular formula is C21H22ClNO2. The summed E-state index contributed by atoms with van der Waals surface area (Å²) in [7, 11) is 1.38. The Kier molecular flexibility index (Phi) is 5.90. The molecule has 0 amide bonds. The zero-order chi connectivity index (χ0) is 17.6. The second-order valence-electron chi connectivity index (χ2n) is 6.20. The standard InChI is InChI=1S/C21H22ClNO2/c1-25-21(24)11-7-15-6-9-18-17(14-15)8-10-20(18)23-13-12-16-4-2-3-5-19(16)22/h2-7,9,11,14,20,23H,8,10,12-13H2,1H3/b11-7+. The predicted octanol–water partition coefficient (Wildman–Crippen LogP) is 4.35. The van der Waals surface area contributed by atoms with E-state index in [1.54, 1.807) is 6.08 Å². The van der Waals surface area contributed by atoms with Gasteiger partial charge in [-0.2, -0.15) is 0 Å². The quantitative estimate of drug-likeness (QED) is 0.618. The molecule has 0 spiro atoms. The van der Waals surface area contributed by atoms with E-state index in [4.69, 9.17) is 11.6 Å². The second-order valence-corrected chi connectivity index (χ2v) is 6.61. The average Bonchev–Trinajstić information content (AvgIpc) is 3.03. The van der Waals surface area contributed by atoms with Gasteiger partial charge in [0.2, 0.25) is 0 Å². The number of aryl methyl sites for hydroxylation is 1. The fourth-order valence-electron chi connectivity index (χ4n) is 3.27. The van der Waals surface area contributed by atoms with Gasteiger partial charge in [-0.1, -0.05) is 48.0 Å². The molecule has 0 heterocycles. The maximum absolute atomic E-state index is 11.2. The zero-order valence-corrected chi connectivity index (χ0v) is 15.1. The Balaban J connectivity index is 1.59. The minimum Gasteiger partial charge on any atom is -0.466 e. The third-order valence-corrected chi connectivity index (χ3v) is 4.97. The number of rotatable bonds is 6. The number of halogens is 1. The average molecular weight is 356 g/mol. The Labute approximate surface area is 153 Å². The number of methoxy groups -OCH3 is 1. The number of fused-ring (bicyclic) bond motifs is 1. The lowest BCUT2D eigenvalue weighted by atomic mass is 10.0. The summed E-state index contributed by atoms with van der Waals surface area (Å²) in [6.07, 6.45) is 6.33. The van der Waals surface area contributed by atoms with Crippen LogP contribution in [0.15, 0.2) is 48.5 Å². The van der Waals surface area contributed by atoms with E-state index in [9.17, 15) is 4.79 Å². The van der Waals surface area contributed by atoms with Crippen LogP contribution >= 0.6 is 11.6 Å². The Morgan fingerprint density at radius 2 is 2.16 bits per heavy atom. The highest BCUT2D eigenvalue weighted by Gasteiger charge is 2.21. The van der Waals surface area contributed by atoms with Crippen molar-refractivity contribution in [2.45, 2.75) is 25.3 Å². The van der Waals surface area contributed by atoms with Crippen molar-refractivity contribution in [1.29, 1.82) is 0 Å². The highest BCUT2D eigenvalue weighted by molar-refractivity contribution is 6.31. The van der Waals surface area contributed by atoms with Crippen molar-refractivity contribution in [2.75, 3.05) is 13.7 Å². The second kappa shape index (κ2) is 8.32. The molecule has 2 aromatic rings. The molecule has 1 unspecified atom stereocenters. The van der Waals surface area contributed by atoms with Crippen LogP contribution in [0.1, 0.15) is 34.7 Å². The van der Waals surface area contributed by atoms with Crippen LogP contribution in [0, 0.1) is 0 Å². The van der Waals surface area contributed by atoms with Crippen LogP contribution in [0.5, 0.6) is 0 Å². The van der Waals surface area contributed by atoms with Crippen LogP contribution in [0.25, 0.3) is 6.08 Å². The Bertz CT molecular complexity index is 785. The van der Waals surface area contributed by atoms with Crippen molar-refractivity contribution in [3.8, 4) is 0 Å². The van der Waals surface area contributed by atoms with Crippen molar-refractivity contribution >= 4 is 23.6 Å². The van der Waals surface area contributed by atoms with E-state index in [0.29, 0.717) is 6.04 Å². The minimum absolute atomic E-state index is 0.334. The Hall–Kier alpha value is -2.10. The van der Waals surface area contributed by atoms with Crippen molar-refractivity contribution in [3.05, 3.63) is 75.8 Å². The van der Waals surface area contributed by atoms with E-state index < -0.39 is 0 Å². The number of esters is 1. The fourth-order valence-corrected chi connectivity index (χ4v) is 3.50. The SMILES string of the molecule is COC(=O)/C=C/c1ccc2c(c1)CCC2NCCc1ccccc1Cl. The summed E-state index contributed by atoms with van der Waals surface area (Å²) >= 11 is 6.21. The lowest BCUT2D eigenvalue weighted by Crippen LogP contribution is -2.22. The lowest BCUT2D eigenvalue weighted by Gasteiger charge is -2.14. The fraction of sp³-hybridized carbons (Fsp3) is 0.286. The summed E-state index contributed by atoms with van der Waals surface area (Å²) < 4.78 is 4.63. The molecule has 0 saturated heterocycles. The van der Waals surface area contributed by atoms with Crippen molar-refractivity contribution in [3.63, 3.8) is 0 Å². The Morgan fingerprint density at radius 3 is 2.96 bits per heavy atom. The number of ether oxygens (including phenoxy) is 1. The third-order valence-electron chi connectivity index (χ3n) is 4.60. The first-order valence-corrected chi connectivity index (χ1v) is 8.91. The summed E-state index contributed by atoms with van der Waals surface area (Å²) in [5.41, 5.74) is 4.91. The van der Waals surface area contributed by atoms with Gasteiger partial charge in [-0.25, -0.2) is 4.79 Å². The van der Waals surface area contributed by atoms with Gasteiger partial charge in [-0.15, -0.1) is 0 Å². The van der Waals surface area contributed by atoms with Gasteiger partial charge in [0.05, 0.1) is 7.11 Å². The largest absolute Gasteiger partial charge is 0.466 e. The normalized spacial score (nSPS) is 16.2. The molecule has 3 nitrogen and oxygen atoms in total. The molecule has 1 aliphatic rings. The molecule has 0 aliphatic heterocycles. The molecule has 4 heteroatoms. The van der Waals surface area contributed by atoms with E-state index in [1.165, 1.54) is 29.9 Å². The van der Waals surface area contributed by atoms with Gasteiger partial charge in [0.1, 0.15) is 0 Å². The highest BCUT2D eigenvalue weighted by Crippen LogP contribution is 2.32. The number of carbonyl (C=O) groups excluding carboxylic acids is 1. The number of benzene rings is 2. The smallest absolute Gasteiger partial charge is 0.330 e. The van der Waals surface area contributed by atoms with Gasteiger partial charge < -0.3 is 10.1 Å². The van der Waals surface area contributed by atoms with Gasteiger partial charge in [0.25, 0.3) is 0 Å². The van der Waals surface area contributed by atoms with Crippen molar-refractivity contribution in [2.24, 2.45) is 0 Å². The van der Waals surface area contributed by atoms with Gasteiger partial charge in [-0.05, 0) is 60.2 Å². The van der Waals surface area contributed by atoms with E-state index >= 15 is 0 Å².